The molecular formula is C24H20F3N5O2Pt. The van der Waals surface area contributed by atoms with Gasteiger partial charge in [-0.3, -0.25) is 15.1 Å². The molecule has 4 rings (SSSR count). The van der Waals surface area contributed by atoms with Gasteiger partial charge in [0.25, 0.3) is 0 Å². The Morgan fingerprint density at radius 3 is 2.17 bits per heavy atom. The van der Waals surface area contributed by atoms with Gasteiger partial charge in [-0.15, -0.1) is 12.1 Å². The van der Waals surface area contributed by atoms with Crippen molar-refractivity contribution in [2.24, 2.45) is 0 Å². The third kappa shape index (κ3) is 5.37. The molecule has 0 fully saturated rings. The first-order valence-corrected chi connectivity index (χ1v) is 10.1. The number of rotatable bonds is 6. The quantitative estimate of drug-likeness (QED) is 0.280. The summed E-state index contributed by atoms with van der Waals surface area (Å²) in [6, 6.07) is 16.0. The Morgan fingerprint density at radius 2 is 1.54 bits per heavy atom. The molecule has 184 valence electrons. The SMILES string of the molecule is COc1c[c-]c(-c2cccc(C(C)(C)c3cccc(-n4[c-]cc(C(F)(F)F)n4)n3)n2)c(OC)n1.[Pt+2]. The van der Waals surface area contributed by atoms with Gasteiger partial charge in [0.15, 0.2) is 0 Å². The molecule has 0 aromatic carbocycles. The minimum Gasteiger partial charge on any atom is -0.524 e. The normalized spacial score (nSPS) is 11.6. The first-order chi connectivity index (χ1) is 16.1. The summed E-state index contributed by atoms with van der Waals surface area (Å²) in [6.45, 7) is 3.85. The Morgan fingerprint density at radius 1 is 0.857 bits per heavy atom. The zero-order valence-electron chi connectivity index (χ0n) is 19.1. The van der Waals surface area contributed by atoms with Crippen LogP contribution >= 0.6 is 0 Å². The molecule has 0 atom stereocenters. The Hall–Kier alpha value is -3.26. The van der Waals surface area contributed by atoms with Crippen molar-refractivity contribution in [2.75, 3.05) is 14.2 Å². The summed E-state index contributed by atoms with van der Waals surface area (Å²) in [5, 5.41) is 3.56. The van der Waals surface area contributed by atoms with Gasteiger partial charge < -0.3 is 19.1 Å². The summed E-state index contributed by atoms with van der Waals surface area (Å²) >= 11 is 0. The van der Waals surface area contributed by atoms with Crippen molar-refractivity contribution < 1.29 is 43.7 Å². The van der Waals surface area contributed by atoms with Gasteiger partial charge in [0.2, 0.25) is 0 Å². The maximum atomic E-state index is 12.9. The van der Waals surface area contributed by atoms with Crippen LogP contribution in [0.25, 0.3) is 17.1 Å². The summed E-state index contributed by atoms with van der Waals surface area (Å²) in [4.78, 5) is 13.6. The van der Waals surface area contributed by atoms with Crippen LogP contribution in [0.3, 0.4) is 0 Å². The Kier molecular flexibility index (Phi) is 7.64. The van der Waals surface area contributed by atoms with E-state index in [9.17, 15) is 13.2 Å². The van der Waals surface area contributed by atoms with Crippen LogP contribution in [0.2, 0.25) is 0 Å². The molecule has 7 nitrogen and oxygen atoms in total. The van der Waals surface area contributed by atoms with Crippen molar-refractivity contribution in [3.8, 4) is 28.8 Å². The van der Waals surface area contributed by atoms with Crippen LogP contribution < -0.4 is 9.47 Å². The second-order valence-corrected chi connectivity index (χ2v) is 7.81. The molecule has 0 radical (unpaired) electrons. The van der Waals surface area contributed by atoms with Crippen LogP contribution in [-0.2, 0) is 32.7 Å². The van der Waals surface area contributed by atoms with E-state index in [0.717, 1.165) is 10.7 Å². The van der Waals surface area contributed by atoms with Gasteiger partial charge in [-0.05, 0) is 31.7 Å². The number of halogens is 3. The van der Waals surface area contributed by atoms with Gasteiger partial charge in [0, 0.05) is 16.8 Å². The third-order valence-corrected chi connectivity index (χ3v) is 5.23. The minimum absolute atomic E-state index is 0. The summed E-state index contributed by atoms with van der Waals surface area (Å²) in [7, 11) is 3.00. The maximum absolute atomic E-state index is 12.9. The number of aromatic nitrogens is 5. The zero-order valence-corrected chi connectivity index (χ0v) is 21.4. The van der Waals surface area contributed by atoms with Crippen LogP contribution in [0.4, 0.5) is 13.2 Å². The van der Waals surface area contributed by atoms with E-state index in [1.165, 1.54) is 14.2 Å². The van der Waals surface area contributed by atoms with Gasteiger partial charge in [-0.25, -0.2) is 0 Å². The maximum Gasteiger partial charge on any atom is 2.00 e. The molecule has 4 heterocycles. The molecule has 0 aliphatic rings. The second kappa shape index (κ2) is 10.2. The van der Waals surface area contributed by atoms with Crippen molar-refractivity contribution in [2.45, 2.75) is 25.4 Å². The van der Waals surface area contributed by atoms with Crippen molar-refractivity contribution in [3.05, 3.63) is 77.9 Å². The van der Waals surface area contributed by atoms with E-state index in [1.54, 1.807) is 24.3 Å². The third-order valence-electron chi connectivity index (χ3n) is 5.23. The summed E-state index contributed by atoms with van der Waals surface area (Å²) in [5.41, 5.74) is 0.695. The van der Waals surface area contributed by atoms with Crippen molar-refractivity contribution in [1.29, 1.82) is 0 Å². The van der Waals surface area contributed by atoms with Crippen LogP contribution in [-0.4, -0.2) is 39.0 Å². The standard InChI is InChI=1S/C24H20F3N5O2.Pt/c1-23(2,18-9-6-10-20(29-18)32-14-13-19(31-32)24(25,26)27)17-8-5-7-16(28-17)15-11-12-21(33-3)30-22(15)34-4;/h5-10,12-13H,1-4H3;/q-2;+2. The Bertz CT molecular complexity index is 1320. The molecule has 0 N–H and O–H groups in total. The number of hydrogen-bond donors (Lipinski definition) is 0. The van der Waals surface area contributed by atoms with E-state index in [2.05, 4.69) is 27.3 Å². The predicted molar refractivity (Wildman–Crippen MR) is 117 cm³/mol. The summed E-state index contributed by atoms with van der Waals surface area (Å²) < 4.78 is 50.3. The van der Waals surface area contributed by atoms with Gasteiger partial charge in [0.05, 0.1) is 25.7 Å². The fourth-order valence-electron chi connectivity index (χ4n) is 3.31. The van der Waals surface area contributed by atoms with Crippen LogP contribution in [0.15, 0.2) is 48.5 Å². The molecule has 0 amide bonds. The van der Waals surface area contributed by atoms with Crippen LogP contribution in [0.5, 0.6) is 11.8 Å². The van der Waals surface area contributed by atoms with Crippen LogP contribution in [0, 0.1) is 12.3 Å². The van der Waals surface area contributed by atoms with E-state index in [4.69, 9.17) is 14.5 Å². The fourth-order valence-corrected chi connectivity index (χ4v) is 3.31. The fraction of sp³-hybridized carbons (Fsp3) is 0.250. The second-order valence-electron chi connectivity index (χ2n) is 7.81. The molecule has 0 bridgehead atoms. The van der Waals surface area contributed by atoms with Crippen LogP contribution in [0.1, 0.15) is 30.9 Å². The van der Waals surface area contributed by atoms with Crippen molar-refractivity contribution in [3.63, 3.8) is 0 Å². The zero-order chi connectivity index (χ0) is 24.5. The minimum atomic E-state index is -4.56. The van der Waals surface area contributed by atoms with E-state index in [0.29, 0.717) is 34.4 Å². The van der Waals surface area contributed by atoms with Crippen molar-refractivity contribution >= 4 is 0 Å². The number of pyridine rings is 3. The van der Waals surface area contributed by atoms with Crippen molar-refractivity contribution in [1.82, 2.24) is 24.7 Å². The number of methoxy groups -OCH3 is 2. The van der Waals surface area contributed by atoms with Gasteiger partial charge in [0.1, 0.15) is 11.8 Å². The number of alkyl halides is 3. The average Bonchev–Trinajstić information content (AvgIpc) is 3.35. The smallest absolute Gasteiger partial charge is 0.524 e. The Balaban J connectivity index is 0.00000342. The predicted octanol–water partition coefficient (Wildman–Crippen LogP) is 4.68. The van der Waals surface area contributed by atoms with E-state index in [-0.39, 0.29) is 26.9 Å². The summed E-state index contributed by atoms with van der Waals surface area (Å²) in [5.74, 6) is 0.894. The first kappa shape index (κ1) is 26.3. The van der Waals surface area contributed by atoms with Gasteiger partial charge in [-0.2, -0.15) is 13.2 Å². The molecule has 0 unspecified atom stereocenters. The number of ether oxygens (including phenoxy) is 2. The number of nitrogens with zero attached hydrogens (tertiary/aromatic N) is 5. The Labute approximate surface area is 214 Å². The molecule has 4 aromatic heterocycles. The molecule has 11 heteroatoms. The van der Waals surface area contributed by atoms with Gasteiger partial charge >= 0.3 is 27.2 Å². The van der Waals surface area contributed by atoms with E-state index >= 15 is 0 Å². The topological polar surface area (TPSA) is 75.0 Å². The molecule has 35 heavy (non-hydrogen) atoms. The summed E-state index contributed by atoms with van der Waals surface area (Å²) in [6.07, 6.45) is -2.09. The number of hydrogen-bond acceptors (Lipinski definition) is 6. The monoisotopic (exact) mass is 662 g/mol. The first-order valence-electron chi connectivity index (χ1n) is 10.1. The van der Waals surface area contributed by atoms with E-state index < -0.39 is 17.3 Å². The van der Waals surface area contributed by atoms with Gasteiger partial charge in [-0.1, -0.05) is 42.1 Å². The molecule has 0 aliphatic carbocycles. The van der Waals surface area contributed by atoms with E-state index in [1.807, 2.05) is 32.0 Å². The average molecular weight is 663 g/mol. The molecule has 0 saturated carbocycles. The molecular weight excluding hydrogens is 642 g/mol. The molecule has 0 saturated heterocycles. The largest absolute Gasteiger partial charge is 2.00 e. The molecule has 4 aromatic rings. The molecule has 0 aliphatic heterocycles. The molecule has 0 spiro atoms.